The first-order valence-corrected chi connectivity index (χ1v) is 8.70. The second-order valence-corrected chi connectivity index (χ2v) is 7.01. The van der Waals surface area contributed by atoms with Gasteiger partial charge in [0.15, 0.2) is 6.61 Å². The topological polar surface area (TPSA) is 89.5 Å². The normalized spacial score (nSPS) is 11.1. The van der Waals surface area contributed by atoms with Gasteiger partial charge < -0.3 is 4.74 Å². The lowest BCUT2D eigenvalue weighted by Gasteiger charge is -2.07. The average Bonchev–Trinajstić information content (AvgIpc) is 2.60. The van der Waals surface area contributed by atoms with Crippen molar-refractivity contribution in [1.29, 1.82) is 0 Å². The minimum atomic E-state index is -3.68. The number of nitrogens with one attached hydrogen (secondary N) is 1. The van der Waals surface area contributed by atoms with E-state index in [1.165, 1.54) is 37.4 Å². The van der Waals surface area contributed by atoms with Gasteiger partial charge in [0.1, 0.15) is 0 Å². The monoisotopic (exact) mass is 367 g/mol. The van der Waals surface area contributed by atoms with Crippen molar-refractivity contribution < 1.29 is 22.7 Å². The zero-order valence-electron chi connectivity index (χ0n) is 12.7. The molecule has 0 atom stereocenters. The molecule has 6 nitrogen and oxygen atoms in total. The van der Waals surface area contributed by atoms with Gasteiger partial charge in [0.2, 0.25) is 15.8 Å². The van der Waals surface area contributed by atoms with Crippen molar-refractivity contribution in [3.63, 3.8) is 0 Å². The number of carbonyl (C=O) groups is 2. The molecular formula is C16H14ClNO5S. The van der Waals surface area contributed by atoms with Gasteiger partial charge >= 0.3 is 5.97 Å². The van der Waals surface area contributed by atoms with Crippen LogP contribution in [-0.4, -0.2) is 33.8 Å². The van der Waals surface area contributed by atoms with Crippen LogP contribution in [0, 0.1) is 0 Å². The van der Waals surface area contributed by atoms with Gasteiger partial charge in [0.25, 0.3) is 0 Å². The number of carbonyl (C=O) groups excluding carboxylic acids is 2. The smallest absolute Gasteiger partial charge is 0.338 e. The van der Waals surface area contributed by atoms with E-state index in [1.54, 1.807) is 18.2 Å². The Hall–Kier alpha value is -2.22. The number of esters is 1. The van der Waals surface area contributed by atoms with Crippen molar-refractivity contribution in [1.82, 2.24) is 4.72 Å². The Morgan fingerprint density at radius 1 is 1.12 bits per heavy atom. The Labute approximate surface area is 144 Å². The second kappa shape index (κ2) is 7.57. The highest BCUT2D eigenvalue weighted by Gasteiger charge is 2.17. The number of hydrogen-bond acceptors (Lipinski definition) is 5. The van der Waals surface area contributed by atoms with Gasteiger partial charge in [-0.1, -0.05) is 29.8 Å². The van der Waals surface area contributed by atoms with E-state index in [4.69, 9.17) is 16.3 Å². The van der Waals surface area contributed by atoms with Crippen molar-refractivity contribution in [2.45, 2.75) is 4.90 Å². The maximum Gasteiger partial charge on any atom is 0.338 e. The number of ketones is 1. The molecule has 0 aliphatic heterocycles. The van der Waals surface area contributed by atoms with E-state index < -0.39 is 28.4 Å². The number of ether oxygens (including phenoxy) is 1. The van der Waals surface area contributed by atoms with Gasteiger partial charge in [-0.2, -0.15) is 0 Å². The van der Waals surface area contributed by atoms with Gasteiger partial charge in [0, 0.05) is 5.56 Å². The molecule has 0 heterocycles. The molecule has 0 fully saturated rings. The molecule has 126 valence electrons. The van der Waals surface area contributed by atoms with Crippen LogP contribution in [0.2, 0.25) is 5.02 Å². The molecule has 0 unspecified atom stereocenters. The third-order valence-corrected chi connectivity index (χ3v) is 4.90. The SMILES string of the molecule is CNS(=O)(=O)c1cccc(C(=O)OCC(=O)c2ccccc2Cl)c1. The molecule has 0 radical (unpaired) electrons. The lowest BCUT2D eigenvalue weighted by molar-refractivity contribution is 0.0474. The molecule has 0 saturated heterocycles. The molecule has 24 heavy (non-hydrogen) atoms. The molecule has 0 saturated carbocycles. The molecule has 1 N–H and O–H groups in total. The Morgan fingerprint density at radius 2 is 1.83 bits per heavy atom. The van der Waals surface area contributed by atoms with Crippen molar-refractivity contribution in [2.75, 3.05) is 13.7 Å². The van der Waals surface area contributed by atoms with Crippen molar-refractivity contribution in [3.05, 3.63) is 64.7 Å². The summed E-state index contributed by atoms with van der Waals surface area (Å²) in [6.07, 6.45) is 0. The van der Waals surface area contributed by atoms with Gasteiger partial charge in [-0.25, -0.2) is 17.9 Å². The van der Waals surface area contributed by atoms with Gasteiger partial charge in [-0.3, -0.25) is 4.79 Å². The Bertz CT molecular complexity index is 880. The van der Waals surface area contributed by atoms with E-state index in [-0.39, 0.29) is 21.0 Å². The van der Waals surface area contributed by atoms with Gasteiger partial charge in [0.05, 0.1) is 15.5 Å². The molecular weight excluding hydrogens is 354 g/mol. The van der Waals surface area contributed by atoms with E-state index in [0.29, 0.717) is 0 Å². The minimum absolute atomic E-state index is 0.0262. The first kappa shape index (κ1) is 18.1. The number of sulfonamides is 1. The van der Waals surface area contributed by atoms with Crippen LogP contribution in [0.3, 0.4) is 0 Å². The van der Waals surface area contributed by atoms with Crippen molar-refractivity contribution in [3.8, 4) is 0 Å². The molecule has 0 bridgehead atoms. The van der Waals surface area contributed by atoms with Crippen LogP contribution in [0.15, 0.2) is 53.4 Å². The summed E-state index contributed by atoms with van der Waals surface area (Å²) in [6, 6.07) is 11.7. The van der Waals surface area contributed by atoms with Crippen LogP contribution in [0.1, 0.15) is 20.7 Å². The summed E-state index contributed by atoms with van der Waals surface area (Å²) in [4.78, 5) is 23.9. The number of halogens is 1. The lowest BCUT2D eigenvalue weighted by atomic mass is 10.1. The Morgan fingerprint density at radius 3 is 2.50 bits per heavy atom. The fourth-order valence-corrected chi connectivity index (χ4v) is 2.90. The highest BCUT2D eigenvalue weighted by molar-refractivity contribution is 7.89. The number of Topliss-reactive ketones (excluding diaryl/α,β-unsaturated/α-hetero) is 1. The highest BCUT2D eigenvalue weighted by atomic mass is 35.5. The second-order valence-electron chi connectivity index (χ2n) is 4.71. The summed E-state index contributed by atoms with van der Waals surface area (Å²) in [7, 11) is -2.41. The van der Waals surface area contributed by atoms with E-state index in [2.05, 4.69) is 4.72 Å². The predicted octanol–water partition coefficient (Wildman–Crippen LogP) is 2.29. The van der Waals surface area contributed by atoms with Crippen molar-refractivity contribution in [2.24, 2.45) is 0 Å². The van der Waals surface area contributed by atoms with Gasteiger partial charge in [-0.05, 0) is 37.4 Å². The summed E-state index contributed by atoms with van der Waals surface area (Å²) in [5.74, 6) is -1.25. The zero-order chi connectivity index (χ0) is 17.7. The maximum atomic E-state index is 12.0. The van der Waals surface area contributed by atoms with Crippen LogP contribution in [0.5, 0.6) is 0 Å². The van der Waals surface area contributed by atoms with Crippen LogP contribution in [-0.2, 0) is 14.8 Å². The standard InChI is InChI=1S/C16H14ClNO5S/c1-18-24(21,22)12-6-4-5-11(9-12)16(20)23-10-15(19)13-7-2-3-8-14(13)17/h2-9,18H,10H2,1H3. The first-order chi connectivity index (χ1) is 11.3. The number of rotatable bonds is 6. The third kappa shape index (κ3) is 4.19. The Kier molecular flexibility index (Phi) is 5.71. The van der Waals surface area contributed by atoms with Crippen LogP contribution >= 0.6 is 11.6 Å². The predicted molar refractivity (Wildman–Crippen MR) is 88.8 cm³/mol. The van der Waals surface area contributed by atoms with Gasteiger partial charge in [-0.15, -0.1) is 0 Å². The van der Waals surface area contributed by atoms with Crippen molar-refractivity contribution >= 4 is 33.4 Å². The largest absolute Gasteiger partial charge is 0.454 e. The van der Waals surface area contributed by atoms with E-state index >= 15 is 0 Å². The van der Waals surface area contributed by atoms with Crippen LogP contribution in [0.4, 0.5) is 0 Å². The van der Waals surface area contributed by atoms with E-state index in [0.717, 1.165) is 0 Å². The molecule has 2 aromatic carbocycles. The molecule has 0 amide bonds. The van der Waals surface area contributed by atoms with E-state index in [1.807, 2.05) is 0 Å². The number of benzene rings is 2. The minimum Gasteiger partial charge on any atom is -0.454 e. The summed E-state index contributed by atoms with van der Waals surface area (Å²) in [6.45, 7) is -0.494. The molecule has 0 aromatic heterocycles. The number of hydrogen-bond donors (Lipinski definition) is 1. The average molecular weight is 368 g/mol. The maximum absolute atomic E-state index is 12.0. The van der Waals surface area contributed by atoms with E-state index in [9.17, 15) is 18.0 Å². The lowest BCUT2D eigenvalue weighted by Crippen LogP contribution is -2.19. The molecule has 2 rings (SSSR count). The third-order valence-electron chi connectivity index (χ3n) is 3.16. The summed E-state index contributed by atoms with van der Waals surface area (Å²) >= 11 is 5.90. The molecule has 0 aliphatic rings. The summed E-state index contributed by atoms with van der Waals surface area (Å²) < 4.78 is 30.6. The summed E-state index contributed by atoms with van der Waals surface area (Å²) in [5.41, 5.74) is 0.275. The first-order valence-electron chi connectivity index (χ1n) is 6.83. The fraction of sp³-hybridized carbons (Fsp3) is 0.125. The Balaban J connectivity index is 2.10. The zero-order valence-corrected chi connectivity index (χ0v) is 14.2. The quantitative estimate of drug-likeness (QED) is 0.625. The summed E-state index contributed by atoms with van der Waals surface area (Å²) in [5, 5.41) is 0.264. The molecule has 8 heteroatoms. The highest BCUT2D eigenvalue weighted by Crippen LogP contribution is 2.16. The molecule has 0 aliphatic carbocycles. The van der Waals surface area contributed by atoms with Crippen LogP contribution in [0.25, 0.3) is 0 Å². The molecule has 0 spiro atoms. The van der Waals surface area contributed by atoms with Crippen LogP contribution < -0.4 is 4.72 Å². The fourth-order valence-electron chi connectivity index (χ4n) is 1.89. The molecule has 2 aromatic rings.